The first kappa shape index (κ1) is 9.80. The second kappa shape index (κ2) is 3.85. The van der Waals surface area contributed by atoms with Gasteiger partial charge in [0.2, 0.25) is 0 Å². The molecule has 1 atom stereocenters. The minimum absolute atomic E-state index is 0.0457. The van der Waals surface area contributed by atoms with Gasteiger partial charge in [-0.25, -0.2) is 0 Å². The zero-order valence-corrected chi connectivity index (χ0v) is 5.69. The van der Waals surface area contributed by atoms with Gasteiger partial charge in [0.1, 0.15) is 0 Å². The van der Waals surface area contributed by atoms with Crippen molar-refractivity contribution in [3.05, 3.63) is 0 Å². The van der Waals surface area contributed by atoms with Crippen molar-refractivity contribution in [2.24, 2.45) is 0 Å². The molecule has 0 aromatic heterocycles. The average Bonchev–Trinajstić information content (AvgIpc) is 1.86. The Hall–Kier alpha value is -0.200. The molecule has 0 bridgehead atoms. The summed E-state index contributed by atoms with van der Waals surface area (Å²) in [5.74, 6) is -2.64. The van der Waals surface area contributed by atoms with Gasteiger partial charge in [-0.05, 0) is 6.92 Å². The lowest BCUT2D eigenvalue weighted by atomic mass is 10.3. The van der Waals surface area contributed by atoms with E-state index in [0.717, 1.165) is 0 Å². The van der Waals surface area contributed by atoms with Crippen LogP contribution in [-0.2, 0) is 4.74 Å². The van der Waals surface area contributed by atoms with E-state index in [2.05, 4.69) is 4.74 Å². The van der Waals surface area contributed by atoms with E-state index in [1.54, 1.807) is 0 Å². The van der Waals surface area contributed by atoms with Crippen molar-refractivity contribution in [2.75, 3.05) is 13.2 Å². The number of aliphatic hydroxyl groups excluding tert-OH is 2. The Morgan fingerprint density at radius 2 is 2.00 bits per heavy atom. The molecule has 0 rings (SSSR count). The molecule has 0 aliphatic heterocycles. The number of hydrogen-bond donors (Lipinski definition) is 4. The fraction of sp³-hybridized carbons (Fsp3) is 1.00. The van der Waals surface area contributed by atoms with Crippen LogP contribution in [0.2, 0.25) is 0 Å². The third-order valence-electron chi connectivity index (χ3n) is 0.964. The molecule has 0 radical (unpaired) electrons. The van der Waals surface area contributed by atoms with Crippen LogP contribution in [0.1, 0.15) is 6.92 Å². The Bertz CT molecular complexity index is 92.0. The zero-order valence-electron chi connectivity index (χ0n) is 5.69. The summed E-state index contributed by atoms with van der Waals surface area (Å²) in [5.41, 5.74) is 0. The largest absolute Gasteiger partial charge is 0.393 e. The van der Waals surface area contributed by atoms with Crippen LogP contribution in [0.4, 0.5) is 0 Å². The van der Waals surface area contributed by atoms with E-state index in [-0.39, 0.29) is 6.61 Å². The highest BCUT2D eigenvalue weighted by Crippen LogP contribution is 2.07. The number of ether oxygens (including phenoxy) is 1. The third kappa shape index (κ3) is 2.59. The second-order valence-electron chi connectivity index (χ2n) is 1.79. The molecule has 0 aliphatic carbocycles. The first-order valence-corrected chi connectivity index (χ1v) is 2.92. The molecule has 10 heavy (non-hydrogen) atoms. The van der Waals surface area contributed by atoms with E-state index in [9.17, 15) is 0 Å². The van der Waals surface area contributed by atoms with Gasteiger partial charge >= 0.3 is 5.97 Å². The first-order chi connectivity index (χ1) is 4.54. The Morgan fingerprint density at radius 3 is 2.30 bits per heavy atom. The van der Waals surface area contributed by atoms with Gasteiger partial charge in [-0.15, -0.1) is 0 Å². The highest BCUT2D eigenvalue weighted by Gasteiger charge is 2.33. The maximum Gasteiger partial charge on any atom is 0.307 e. The van der Waals surface area contributed by atoms with Crippen molar-refractivity contribution in [3.8, 4) is 0 Å². The first-order valence-electron chi connectivity index (χ1n) is 2.92. The van der Waals surface area contributed by atoms with E-state index in [4.69, 9.17) is 20.4 Å². The van der Waals surface area contributed by atoms with Crippen molar-refractivity contribution in [2.45, 2.75) is 19.0 Å². The van der Waals surface area contributed by atoms with Gasteiger partial charge in [0.05, 0.1) is 6.61 Å². The highest BCUT2D eigenvalue weighted by atomic mass is 16.8. The van der Waals surface area contributed by atoms with Gasteiger partial charge in [0, 0.05) is 6.61 Å². The topological polar surface area (TPSA) is 90.2 Å². The summed E-state index contributed by atoms with van der Waals surface area (Å²) in [5, 5.41) is 34.3. The van der Waals surface area contributed by atoms with Gasteiger partial charge in [0.15, 0.2) is 6.10 Å². The molecule has 0 aromatic rings. The molecule has 0 saturated carbocycles. The molecule has 0 aliphatic rings. The summed E-state index contributed by atoms with van der Waals surface area (Å²) in [6, 6.07) is 0. The van der Waals surface area contributed by atoms with Gasteiger partial charge in [-0.3, -0.25) is 0 Å². The van der Waals surface area contributed by atoms with Gasteiger partial charge in [-0.1, -0.05) is 0 Å². The van der Waals surface area contributed by atoms with Crippen molar-refractivity contribution >= 4 is 0 Å². The number of rotatable bonds is 4. The maximum atomic E-state index is 8.71. The molecule has 4 N–H and O–H groups in total. The smallest absolute Gasteiger partial charge is 0.307 e. The summed E-state index contributed by atoms with van der Waals surface area (Å²) in [6.45, 7) is 0.822. The van der Waals surface area contributed by atoms with Crippen LogP contribution in [0.15, 0.2) is 0 Å². The van der Waals surface area contributed by atoms with Crippen LogP contribution in [-0.4, -0.2) is 45.7 Å². The van der Waals surface area contributed by atoms with Gasteiger partial charge in [-0.2, -0.15) is 0 Å². The Morgan fingerprint density at radius 1 is 1.50 bits per heavy atom. The molecule has 5 heteroatoms. The van der Waals surface area contributed by atoms with Crippen LogP contribution < -0.4 is 0 Å². The SMILES string of the molecule is CCOC(O)(O)C(O)CO. The number of aliphatic hydroxyl groups is 4. The van der Waals surface area contributed by atoms with Crippen LogP contribution in [0.5, 0.6) is 0 Å². The Labute approximate surface area is 58.5 Å². The highest BCUT2D eigenvalue weighted by molar-refractivity contribution is 4.62. The predicted octanol–water partition coefficient (Wildman–Crippen LogP) is -1.99. The normalized spacial score (nSPS) is 15.3. The predicted molar refractivity (Wildman–Crippen MR) is 31.9 cm³/mol. The third-order valence-corrected chi connectivity index (χ3v) is 0.964. The molecule has 5 nitrogen and oxygen atoms in total. The number of hydrogen-bond acceptors (Lipinski definition) is 5. The summed E-state index contributed by atoms with van der Waals surface area (Å²) < 4.78 is 4.28. The second-order valence-corrected chi connectivity index (χ2v) is 1.79. The lowest BCUT2D eigenvalue weighted by Crippen LogP contribution is -2.46. The van der Waals surface area contributed by atoms with E-state index in [1.165, 1.54) is 6.92 Å². The summed E-state index contributed by atoms with van der Waals surface area (Å²) in [4.78, 5) is 0. The minimum Gasteiger partial charge on any atom is -0.393 e. The lowest BCUT2D eigenvalue weighted by Gasteiger charge is -2.24. The summed E-state index contributed by atoms with van der Waals surface area (Å²) >= 11 is 0. The van der Waals surface area contributed by atoms with Crippen LogP contribution >= 0.6 is 0 Å². The van der Waals surface area contributed by atoms with Crippen molar-refractivity contribution < 1.29 is 25.2 Å². The molecule has 0 saturated heterocycles. The maximum absolute atomic E-state index is 8.71. The summed E-state index contributed by atoms with van der Waals surface area (Å²) in [7, 11) is 0. The zero-order chi connectivity index (χ0) is 8.20. The molecular formula is C5H12O5. The summed E-state index contributed by atoms with van der Waals surface area (Å²) in [6.07, 6.45) is -1.69. The minimum atomic E-state index is -2.64. The standard InChI is InChI=1S/C5H12O5/c1-2-10-5(8,9)4(7)3-6/h4,6-9H,2-3H2,1H3. The Kier molecular flexibility index (Phi) is 3.77. The van der Waals surface area contributed by atoms with E-state index < -0.39 is 18.7 Å². The molecule has 1 unspecified atom stereocenters. The fourth-order valence-corrected chi connectivity index (χ4v) is 0.428. The average molecular weight is 152 g/mol. The molecule has 62 valence electrons. The lowest BCUT2D eigenvalue weighted by molar-refractivity contribution is -0.378. The molecule has 0 fully saturated rings. The molecule has 0 spiro atoms. The Balaban J connectivity index is 3.82. The fourth-order valence-electron chi connectivity index (χ4n) is 0.428. The monoisotopic (exact) mass is 152 g/mol. The van der Waals surface area contributed by atoms with Gasteiger partial charge < -0.3 is 25.2 Å². The van der Waals surface area contributed by atoms with Gasteiger partial charge in [0.25, 0.3) is 0 Å². The van der Waals surface area contributed by atoms with E-state index in [0.29, 0.717) is 0 Å². The van der Waals surface area contributed by atoms with Crippen LogP contribution in [0, 0.1) is 0 Å². The van der Waals surface area contributed by atoms with E-state index in [1.807, 2.05) is 0 Å². The molecule has 0 amide bonds. The van der Waals surface area contributed by atoms with E-state index >= 15 is 0 Å². The van der Waals surface area contributed by atoms with Crippen molar-refractivity contribution in [1.82, 2.24) is 0 Å². The molecule has 0 heterocycles. The quantitative estimate of drug-likeness (QED) is 0.350. The van der Waals surface area contributed by atoms with Crippen molar-refractivity contribution in [1.29, 1.82) is 0 Å². The van der Waals surface area contributed by atoms with Crippen LogP contribution in [0.25, 0.3) is 0 Å². The van der Waals surface area contributed by atoms with Crippen LogP contribution in [0.3, 0.4) is 0 Å². The molecular weight excluding hydrogens is 140 g/mol. The van der Waals surface area contributed by atoms with Crippen molar-refractivity contribution in [3.63, 3.8) is 0 Å². The molecule has 0 aromatic carbocycles.